The molecule has 1 fully saturated rings. The highest BCUT2D eigenvalue weighted by Gasteiger charge is 2.35. The molecule has 1 heterocycles. The van der Waals surface area contributed by atoms with Gasteiger partial charge < -0.3 is 24.6 Å². The maximum Gasteiger partial charge on any atom is 0.317 e. The van der Waals surface area contributed by atoms with Crippen LogP contribution in [0.1, 0.15) is 31.7 Å². The van der Waals surface area contributed by atoms with Gasteiger partial charge >= 0.3 is 6.03 Å². The normalized spacial score (nSPS) is 16.6. The maximum absolute atomic E-state index is 12.5. The van der Waals surface area contributed by atoms with Gasteiger partial charge in [-0.3, -0.25) is 4.79 Å². The molecule has 1 aromatic rings. The van der Waals surface area contributed by atoms with Gasteiger partial charge in [0.05, 0.1) is 20.0 Å². The molecule has 1 aromatic carbocycles. The molecule has 3 amide bonds. The number of urea groups is 1. The number of carbonyl (C=O) groups excluding carboxylic acids is 2. The number of nitrogens with one attached hydrogen (secondary N) is 1. The minimum atomic E-state index is -0.158. The van der Waals surface area contributed by atoms with E-state index in [1.54, 1.807) is 30.9 Å². The molecule has 1 atom stereocenters. The zero-order valence-electron chi connectivity index (χ0n) is 16.7. The molecule has 0 spiro atoms. The largest absolute Gasteiger partial charge is 0.497 e. The fourth-order valence-corrected chi connectivity index (χ4v) is 4.19. The van der Waals surface area contributed by atoms with Gasteiger partial charge in [0.1, 0.15) is 16.9 Å². The van der Waals surface area contributed by atoms with Crippen LogP contribution in [0.25, 0.3) is 0 Å². The molecule has 1 N–H and O–H groups in total. The number of benzene rings is 1. The van der Waals surface area contributed by atoms with Gasteiger partial charge in [-0.1, -0.05) is 0 Å². The molecule has 1 aliphatic rings. The van der Waals surface area contributed by atoms with Crippen molar-refractivity contribution in [3.05, 3.63) is 23.8 Å². The number of nitrogens with zero attached hydrogens (tertiary/aromatic N) is 2. The van der Waals surface area contributed by atoms with Crippen LogP contribution in [0.4, 0.5) is 4.79 Å². The molecule has 1 aliphatic heterocycles. The van der Waals surface area contributed by atoms with E-state index in [2.05, 4.69) is 5.32 Å². The summed E-state index contributed by atoms with van der Waals surface area (Å²) in [5.74, 6) is 1.92. The van der Waals surface area contributed by atoms with Crippen LogP contribution in [0.15, 0.2) is 18.2 Å². The molecule has 1 saturated heterocycles. The zero-order chi connectivity index (χ0) is 20.0. The molecule has 8 heteroatoms. The minimum Gasteiger partial charge on any atom is -0.497 e. The Bertz CT molecular complexity index is 668. The lowest BCUT2D eigenvalue weighted by atomic mass is 10.1. The summed E-state index contributed by atoms with van der Waals surface area (Å²) in [6, 6.07) is 5.56. The fraction of sp³-hybridized carbons (Fsp3) is 0.579. The Morgan fingerprint density at radius 3 is 2.70 bits per heavy atom. The minimum absolute atomic E-state index is 0.0650. The quantitative estimate of drug-likeness (QED) is 0.733. The van der Waals surface area contributed by atoms with Crippen molar-refractivity contribution < 1.29 is 19.1 Å². The number of likely N-dealkylation sites (N-methyl/N-ethyl adjacent to an activating group) is 1. The van der Waals surface area contributed by atoms with Gasteiger partial charge in [0.15, 0.2) is 0 Å². The van der Waals surface area contributed by atoms with Crippen LogP contribution in [0.2, 0.25) is 0 Å². The molecule has 0 aromatic heterocycles. The summed E-state index contributed by atoms with van der Waals surface area (Å²) in [6.07, 6.45) is 0. The van der Waals surface area contributed by atoms with Crippen molar-refractivity contribution in [2.75, 3.05) is 39.6 Å². The summed E-state index contributed by atoms with van der Waals surface area (Å²) >= 11 is 1.56. The van der Waals surface area contributed by atoms with E-state index in [0.29, 0.717) is 25.4 Å². The second-order valence-corrected chi connectivity index (χ2v) is 7.61. The average molecular weight is 396 g/mol. The Labute approximate surface area is 165 Å². The molecular weight excluding hydrogens is 366 g/mol. The van der Waals surface area contributed by atoms with Gasteiger partial charge in [0, 0.05) is 31.2 Å². The number of amides is 3. The van der Waals surface area contributed by atoms with Crippen LogP contribution in [-0.4, -0.2) is 67.4 Å². The van der Waals surface area contributed by atoms with Gasteiger partial charge in [-0.05, 0) is 39.0 Å². The van der Waals surface area contributed by atoms with E-state index in [1.807, 2.05) is 43.9 Å². The third-order valence-corrected chi connectivity index (χ3v) is 5.60. The summed E-state index contributed by atoms with van der Waals surface area (Å²) < 4.78 is 10.8. The summed E-state index contributed by atoms with van der Waals surface area (Å²) in [5.41, 5.74) is 0.905. The van der Waals surface area contributed by atoms with Crippen molar-refractivity contribution in [3.63, 3.8) is 0 Å². The van der Waals surface area contributed by atoms with Crippen molar-refractivity contribution in [1.29, 1.82) is 0 Å². The standard InChI is InChI=1S/C19H29N3O4S/c1-6-21(19(24)20-13(2)3)9-10-22-17(23)12-27-18(22)15-11-14(25-4)7-8-16(15)26-5/h7-8,11,13,18H,6,9-10,12H2,1-5H3,(H,20,24). The van der Waals surface area contributed by atoms with Crippen LogP contribution >= 0.6 is 11.8 Å². The van der Waals surface area contributed by atoms with E-state index in [-0.39, 0.29) is 23.4 Å². The molecule has 7 nitrogen and oxygen atoms in total. The van der Waals surface area contributed by atoms with E-state index in [0.717, 1.165) is 17.1 Å². The summed E-state index contributed by atoms with van der Waals surface area (Å²) in [7, 11) is 3.23. The summed E-state index contributed by atoms with van der Waals surface area (Å²) in [5, 5.41) is 2.74. The number of thioether (sulfide) groups is 1. The highest BCUT2D eigenvalue weighted by atomic mass is 32.2. The van der Waals surface area contributed by atoms with E-state index in [1.165, 1.54) is 0 Å². The first kappa shape index (κ1) is 21.2. The highest BCUT2D eigenvalue weighted by molar-refractivity contribution is 8.00. The second-order valence-electron chi connectivity index (χ2n) is 6.54. The Kier molecular flexibility index (Phi) is 7.65. The Balaban J connectivity index is 2.15. The molecule has 150 valence electrons. The van der Waals surface area contributed by atoms with Crippen molar-refractivity contribution in [1.82, 2.24) is 15.1 Å². The van der Waals surface area contributed by atoms with Gasteiger partial charge in [-0.15, -0.1) is 11.8 Å². The number of methoxy groups -OCH3 is 2. The van der Waals surface area contributed by atoms with Crippen LogP contribution in [0, 0.1) is 0 Å². The van der Waals surface area contributed by atoms with Gasteiger partial charge in [-0.25, -0.2) is 4.79 Å². The van der Waals surface area contributed by atoms with Gasteiger partial charge in [0.25, 0.3) is 0 Å². The third-order valence-electron chi connectivity index (χ3n) is 4.36. The first-order valence-corrected chi connectivity index (χ1v) is 10.1. The third kappa shape index (κ3) is 5.22. The lowest BCUT2D eigenvalue weighted by molar-refractivity contribution is -0.128. The number of hydrogen-bond donors (Lipinski definition) is 1. The number of ether oxygens (including phenoxy) is 2. The van der Waals surface area contributed by atoms with Crippen molar-refractivity contribution in [2.24, 2.45) is 0 Å². The lowest BCUT2D eigenvalue weighted by Crippen LogP contribution is -2.46. The number of rotatable bonds is 8. The van der Waals surface area contributed by atoms with Crippen molar-refractivity contribution in [2.45, 2.75) is 32.2 Å². The van der Waals surface area contributed by atoms with Crippen LogP contribution in [0.3, 0.4) is 0 Å². The molecule has 0 radical (unpaired) electrons. The molecule has 0 aliphatic carbocycles. The topological polar surface area (TPSA) is 71.1 Å². The Morgan fingerprint density at radius 1 is 1.37 bits per heavy atom. The number of hydrogen-bond acceptors (Lipinski definition) is 5. The fourth-order valence-electron chi connectivity index (χ4n) is 2.96. The van der Waals surface area contributed by atoms with Crippen LogP contribution < -0.4 is 14.8 Å². The highest BCUT2D eigenvalue weighted by Crippen LogP contribution is 2.43. The second kappa shape index (κ2) is 9.73. The SMILES string of the molecule is CCN(CCN1C(=O)CSC1c1cc(OC)ccc1OC)C(=O)NC(C)C. The van der Waals surface area contributed by atoms with E-state index < -0.39 is 0 Å². The van der Waals surface area contributed by atoms with Crippen LogP contribution in [0.5, 0.6) is 11.5 Å². The molecule has 0 bridgehead atoms. The summed E-state index contributed by atoms with van der Waals surface area (Å²) in [4.78, 5) is 28.3. The lowest BCUT2D eigenvalue weighted by Gasteiger charge is -2.29. The van der Waals surface area contributed by atoms with Crippen molar-refractivity contribution in [3.8, 4) is 11.5 Å². The average Bonchev–Trinajstić information content (AvgIpc) is 3.01. The first-order chi connectivity index (χ1) is 12.9. The van der Waals surface area contributed by atoms with Gasteiger partial charge in [0.2, 0.25) is 5.91 Å². The van der Waals surface area contributed by atoms with E-state index in [9.17, 15) is 9.59 Å². The maximum atomic E-state index is 12.5. The Morgan fingerprint density at radius 2 is 2.11 bits per heavy atom. The molecule has 27 heavy (non-hydrogen) atoms. The van der Waals surface area contributed by atoms with E-state index >= 15 is 0 Å². The molecule has 2 rings (SSSR count). The van der Waals surface area contributed by atoms with Crippen molar-refractivity contribution >= 4 is 23.7 Å². The zero-order valence-corrected chi connectivity index (χ0v) is 17.5. The summed E-state index contributed by atoms with van der Waals surface area (Å²) in [6.45, 7) is 7.32. The molecular formula is C19H29N3O4S. The van der Waals surface area contributed by atoms with E-state index in [4.69, 9.17) is 9.47 Å². The first-order valence-electron chi connectivity index (χ1n) is 9.09. The predicted molar refractivity (Wildman–Crippen MR) is 107 cm³/mol. The Hall–Kier alpha value is -2.09. The molecule has 1 unspecified atom stereocenters. The predicted octanol–water partition coefficient (Wildman–Crippen LogP) is 2.72. The number of carbonyl (C=O) groups is 2. The monoisotopic (exact) mass is 395 g/mol. The smallest absolute Gasteiger partial charge is 0.317 e. The van der Waals surface area contributed by atoms with Crippen LogP contribution in [-0.2, 0) is 4.79 Å². The molecule has 0 saturated carbocycles. The van der Waals surface area contributed by atoms with Gasteiger partial charge in [-0.2, -0.15) is 0 Å².